The molecule has 1 amide bonds. The quantitative estimate of drug-likeness (QED) is 0.419. The van der Waals surface area contributed by atoms with Crippen molar-refractivity contribution in [1.29, 1.82) is 0 Å². The van der Waals surface area contributed by atoms with Crippen LogP contribution < -0.4 is 10.9 Å². The number of para-hydroxylation sites is 1. The van der Waals surface area contributed by atoms with Crippen LogP contribution in [0.25, 0.3) is 11.4 Å². The molecular weight excluding hydrogens is 445 g/mol. The van der Waals surface area contributed by atoms with Gasteiger partial charge in [0.2, 0.25) is 11.1 Å². The molecule has 4 aromatic rings. The Kier molecular flexibility index (Phi) is 6.40. The molecule has 0 radical (unpaired) electrons. The molecule has 2 heterocycles. The molecule has 0 fully saturated rings. The molecule has 9 nitrogen and oxygen atoms in total. The summed E-state index contributed by atoms with van der Waals surface area (Å²) in [5.74, 6) is -0.537. The molecule has 170 valence electrons. The highest BCUT2D eigenvalue weighted by Crippen LogP contribution is 2.20. The van der Waals surface area contributed by atoms with Gasteiger partial charge in [-0.2, -0.15) is 4.68 Å². The molecule has 2 aromatic carbocycles. The van der Waals surface area contributed by atoms with E-state index in [9.17, 15) is 14.0 Å². The van der Waals surface area contributed by atoms with Gasteiger partial charge in [-0.15, -0.1) is 5.10 Å². The van der Waals surface area contributed by atoms with Crippen LogP contribution in [0.15, 0.2) is 58.5 Å². The predicted octanol–water partition coefficient (Wildman–Crippen LogP) is 2.32. The minimum Gasteiger partial charge on any atom is -0.351 e. The molecule has 0 aliphatic carbocycles. The number of tetrazole rings is 1. The molecular formula is C22H22FN7O2S. The summed E-state index contributed by atoms with van der Waals surface area (Å²) in [5.41, 5.74) is 2.64. The number of aromatic nitrogens is 6. The lowest BCUT2D eigenvalue weighted by molar-refractivity contribution is -0.118. The number of rotatable bonds is 7. The Hall–Kier alpha value is -3.73. The number of hydrogen-bond acceptors (Lipinski definition) is 6. The third kappa shape index (κ3) is 4.58. The van der Waals surface area contributed by atoms with Gasteiger partial charge < -0.3 is 5.32 Å². The van der Waals surface area contributed by atoms with Crippen molar-refractivity contribution in [1.82, 2.24) is 34.9 Å². The first-order valence-electron chi connectivity index (χ1n) is 10.1. The Balaban J connectivity index is 1.49. The topological polar surface area (TPSA) is 99.6 Å². The molecule has 0 bridgehead atoms. The van der Waals surface area contributed by atoms with Crippen LogP contribution in [-0.4, -0.2) is 41.2 Å². The van der Waals surface area contributed by atoms with Crippen LogP contribution in [-0.2, 0) is 18.4 Å². The lowest BCUT2D eigenvalue weighted by Crippen LogP contribution is -2.25. The number of aryl methyl sites for hydroxylation is 1. The molecule has 0 unspecified atom stereocenters. The van der Waals surface area contributed by atoms with E-state index in [2.05, 4.69) is 20.8 Å². The highest BCUT2D eigenvalue weighted by molar-refractivity contribution is 7.99. The number of benzene rings is 2. The standard InChI is InChI=1S/C22H22FN7O2S/c1-14-9-10-16(11-18(14)23)12-24-19(31)13-33-22-25-26-27-29(22)20-15(2)28(3)30(21(20)32)17-7-5-4-6-8-17/h4-11H,12-13H2,1-3H3,(H,24,31). The Morgan fingerprint density at radius 1 is 1.15 bits per heavy atom. The van der Waals surface area contributed by atoms with E-state index in [0.717, 1.165) is 11.8 Å². The van der Waals surface area contributed by atoms with Crippen LogP contribution >= 0.6 is 11.8 Å². The van der Waals surface area contributed by atoms with Crippen molar-refractivity contribution in [3.63, 3.8) is 0 Å². The second-order valence-electron chi connectivity index (χ2n) is 7.43. The number of amides is 1. The van der Waals surface area contributed by atoms with Crippen molar-refractivity contribution in [3.8, 4) is 11.4 Å². The summed E-state index contributed by atoms with van der Waals surface area (Å²) >= 11 is 1.11. The maximum atomic E-state index is 13.7. The van der Waals surface area contributed by atoms with Gasteiger partial charge in [0.05, 0.1) is 17.1 Å². The maximum Gasteiger partial charge on any atom is 0.297 e. The van der Waals surface area contributed by atoms with Crippen molar-refractivity contribution in [2.24, 2.45) is 7.05 Å². The van der Waals surface area contributed by atoms with Crippen LogP contribution in [0.3, 0.4) is 0 Å². The summed E-state index contributed by atoms with van der Waals surface area (Å²) in [6.45, 7) is 3.70. The highest BCUT2D eigenvalue weighted by Gasteiger charge is 2.22. The summed E-state index contributed by atoms with van der Waals surface area (Å²) in [4.78, 5) is 25.5. The summed E-state index contributed by atoms with van der Waals surface area (Å²) in [6.07, 6.45) is 0. The van der Waals surface area contributed by atoms with Crippen LogP contribution in [0.4, 0.5) is 4.39 Å². The van der Waals surface area contributed by atoms with Gasteiger partial charge in [-0.3, -0.25) is 14.3 Å². The molecule has 4 rings (SSSR count). The minimum absolute atomic E-state index is 0.0352. The van der Waals surface area contributed by atoms with Crippen molar-refractivity contribution in [2.45, 2.75) is 25.5 Å². The van der Waals surface area contributed by atoms with E-state index in [-0.39, 0.29) is 29.6 Å². The van der Waals surface area contributed by atoms with Crippen LogP contribution in [0.1, 0.15) is 16.8 Å². The van der Waals surface area contributed by atoms with Crippen LogP contribution in [0, 0.1) is 19.7 Å². The van der Waals surface area contributed by atoms with E-state index < -0.39 is 0 Å². The van der Waals surface area contributed by atoms with E-state index >= 15 is 0 Å². The van der Waals surface area contributed by atoms with Crippen LogP contribution in [0.2, 0.25) is 0 Å². The molecule has 33 heavy (non-hydrogen) atoms. The van der Waals surface area contributed by atoms with Gasteiger partial charge >= 0.3 is 0 Å². The number of carbonyl (C=O) groups excluding carboxylic acids is 1. The van der Waals surface area contributed by atoms with Crippen molar-refractivity contribution >= 4 is 17.7 Å². The van der Waals surface area contributed by atoms with Gasteiger partial charge in [0.15, 0.2) is 5.69 Å². The highest BCUT2D eigenvalue weighted by atomic mass is 32.2. The first kappa shape index (κ1) is 22.5. The fourth-order valence-corrected chi connectivity index (χ4v) is 4.04. The third-order valence-electron chi connectivity index (χ3n) is 5.23. The number of halogens is 1. The zero-order valence-corrected chi connectivity index (χ0v) is 19.1. The molecule has 0 spiro atoms. The molecule has 2 aromatic heterocycles. The summed E-state index contributed by atoms with van der Waals surface area (Å²) in [6, 6.07) is 14.1. The Morgan fingerprint density at radius 3 is 2.64 bits per heavy atom. The largest absolute Gasteiger partial charge is 0.351 e. The molecule has 11 heteroatoms. The smallest absolute Gasteiger partial charge is 0.297 e. The second-order valence-corrected chi connectivity index (χ2v) is 8.37. The molecule has 0 aliphatic rings. The molecule has 0 saturated heterocycles. The monoisotopic (exact) mass is 467 g/mol. The van der Waals surface area contributed by atoms with E-state index in [1.165, 1.54) is 15.4 Å². The van der Waals surface area contributed by atoms with Crippen molar-refractivity contribution in [2.75, 3.05) is 5.75 Å². The van der Waals surface area contributed by atoms with E-state index in [1.807, 2.05) is 30.3 Å². The molecule has 0 saturated carbocycles. The van der Waals surface area contributed by atoms with Crippen LogP contribution in [0.5, 0.6) is 0 Å². The fourth-order valence-electron chi connectivity index (χ4n) is 3.34. The van der Waals surface area contributed by atoms with Gasteiger partial charge in [0, 0.05) is 13.6 Å². The third-order valence-corrected chi connectivity index (χ3v) is 6.15. The Morgan fingerprint density at radius 2 is 1.91 bits per heavy atom. The van der Waals surface area contributed by atoms with Gasteiger partial charge in [-0.1, -0.05) is 42.1 Å². The van der Waals surface area contributed by atoms with E-state index in [0.29, 0.717) is 33.4 Å². The maximum absolute atomic E-state index is 13.7. The zero-order valence-electron chi connectivity index (χ0n) is 18.3. The summed E-state index contributed by atoms with van der Waals surface area (Å²) in [5, 5.41) is 14.7. The normalized spacial score (nSPS) is 11.0. The van der Waals surface area contributed by atoms with Crippen molar-refractivity contribution < 1.29 is 9.18 Å². The number of nitrogens with zero attached hydrogens (tertiary/aromatic N) is 6. The summed E-state index contributed by atoms with van der Waals surface area (Å²) in [7, 11) is 1.78. The zero-order chi connectivity index (χ0) is 23.5. The first-order chi connectivity index (χ1) is 15.9. The number of nitrogens with one attached hydrogen (secondary N) is 1. The van der Waals surface area contributed by atoms with E-state index in [1.54, 1.807) is 37.7 Å². The van der Waals surface area contributed by atoms with Gasteiger partial charge in [-0.05, 0) is 53.6 Å². The van der Waals surface area contributed by atoms with Gasteiger partial charge in [-0.25, -0.2) is 9.07 Å². The van der Waals surface area contributed by atoms with Gasteiger partial charge in [0.1, 0.15) is 5.82 Å². The molecule has 1 N–H and O–H groups in total. The fraction of sp³-hybridized carbons (Fsp3) is 0.227. The Bertz CT molecular complexity index is 1360. The minimum atomic E-state index is -0.310. The lowest BCUT2D eigenvalue weighted by Gasteiger charge is -2.07. The average Bonchev–Trinajstić information content (AvgIpc) is 3.35. The van der Waals surface area contributed by atoms with Crippen molar-refractivity contribution in [3.05, 3.63) is 81.5 Å². The SMILES string of the molecule is Cc1ccc(CNC(=O)CSc2nnnn2-c2c(C)n(C)n(-c3ccccc3)c2=O)cc1F. The molecule has 0 atom stereocenters. The number of hydrogen-bond donors (Lipinski definition) is 1. The number of carbonyl (C=O) groups is 1. The van der Waals surface area contributed by atoms with Gasteiger partial charge in [0.25, 0.3) is 5.56 Å². The average molecular weight is 468 g/mol. The second kappa shape index (κ2) is 9.41. The lowest BCUT2D eigenvalue weighted by atomic mass is 10.1. The summed E-state index contributed by atoms with van der Waals surface area (Å²) < 4.78 is 18.3. The number of thioether (sulfide) groups is 1. The van der Waals surface area contributed by atoms with E-state index in [4.69, 9.17) is 0 Å². The predicted molar refractivity (Wildman–Crippen MR) is 122 cm³/mol. The Labute approximate surface area is 193 Å². The first-order valence-corrected chi connectivity index (χ1v) is 11.1. The molecule has 0 aliphatic heterocycles.